The first-order chi connectivity index (χ1) is 17.0. The molecule has 35 heavy (non-hydrogen) atoms. The van der Waals surface area contributed by atoms with Crippen molar-refractivity contribution in [2.24, 2.45) is 5.92 Å². The van der Waals surface area contributed by atoms with Gasteiger partial charge >= 0.3 is 0 Å². The lowest BCUT2D eigenvalue weighted by Crippen LogP contribution is -2.72. The van der Waals surface area contributed by atoms with Gasteiger partial charge in [0.1, 0.15) is 11.6 Å². The zero-order valence-corrected chi connectivity index (χ0v) is 21.3. The van der Waals surface area contributed by atoms with Gasteiger partial charge in [-0.15, -0.1) is 0 Å². The third kappa shape index (κ3) is 6.29. The molecule has 0 aliphatic carbocycles. The Morgan fingerprint density at radius 2 is 1.74 bits per heavy atom. The van der Waals surface area contributed by atoms with Crippen molar-refractivity contribution in [1.29, 1.82) is 0 Å². The number of piperazine rings is 1. The van der Waals surface area contributed by atoms with Crippen LogP contribution in [-0.4, -0.2) is 57.8 Å². The summed E-state index contributed by atoms with van der Waals surface area (Å²) in [5.41, 5.74) is 1.62. The molecule has 1 aromatic heterocycles. The number of aryl methyl sites for hydroxylation is 1. The summed E-state index contributed by atoms with van der Waals surface area (Å²) in [4.78, 5) is 35.7. The summed E-state index contributed by atoms with van der Waals surface area (Å²) in [6.45, 7) is 7.37. The van der Waals surface area contributed by atoms with E-state index in [1.165, 1.54) is 24.8 Å². The Kier molecular flexibility index (Phi) is 8.55. The first-order valence-corrected chi connectivity index (χ1v) is 13.3. The molecule has 3 heterocycles. The number of rotatable bonds is 10. The summed E-state index contributed by atoms with van der Waals surface area (Å²) in [6.07, 6.45) is 10.3. The van der Waals surface area contributed by atoms with Crippen LogP contribution in [-0.2, 0) is 22.6 Å². The van der Waals surface area contributed by atoms with Crippen LogP contribution in [0.3, 0.4) is 0 Å². The second kappa shape index (κ2) is 11.8. The maximum absolute atomic E-state index is 13.6. The van der Waals surface area contributed by atoms with Crippen molar-refractivity contribution in [2.75, 3.05) is 19.6 Å². The largest absolute Gasteiger partial charge is 0.342 e. The molecule has 6 nitrogen and oxygen atoms in total. The lowest BCUT2D eigenvalue weighted by molar-refractivity contribution is -0.162. The molecule has 1 spiro atoms. The van der Waals surface area contributed by atoms with Crippen LogP contribution in [0, 0.1) is 5.92 Å². The van der Waals surface area contributed by atoms with E-state index >= 15 is 0 Å². The second-order valence-electron chi connectivity index (χ2n) is 10.6. The van der Waals surface area contributed by atoms with Gasteiger partial charge in [-0.2, -0.15) is 0 Å². The number of nitrogens with one attached hydrogen (secondary N) is 1. The average Bonchev–Trinajstić information content (AvgIpc) is 2.87. The topological polar surface area (TPSA) is 65.5 Å². The van der Waals surface area contributed by atoms with Gasteiger partial charge in [0.05, 0.1) is 0 Å². The minimum absolute atomic E-state index is 0.0224. The minimum atomic E-state index is -0.760. The van der Waals surface area contributed by atoms with Crippen LogP contribution in [0.4, 0.5) is 0 Å². The number of aromatic nitrogens is 1. The van der Waals surface area contributed by atoms with Crippen LogP contribution in [0.25, 0.3) is 0 Å². The Bertz CT molecular complexity index is 955. The van der Waals surface area contributed by atoms with Gasteiger partial charge in [-0.3, -0.25) is 14.6 Å². The van der Waals surface area contributed by atoms with Gasteiger partial charge in [0.2, 0.25) is 11.8 Å². The fourth-order valence-electron chi connectivity index (χ4n) is 5.54. The van der Waals surface area contributed by atoms with Crippen LogP contribution >= 0.6 is 0 Å². The first-order valence-electron chi connectivity index (χ1n) is 13.3. The molecule has 2 aliphatic heterocycles. The van der Waals surface area contributed by atoms with Gasteiger partial charge < -0.3 is 15.1 Å². The van der Waals surface area contributed by atoms with E-state index < -0.39 is 11.6 Å². The van der Waals surface area contributed by atoms with Crippen molar-refractivity contribution < 1.29 is 9.59 Å². The van der Waals surface area contributed by atoms with Gasteiger partial charge in [-0.25, -0.2) is 0 Å². The Labute approximate surface area is 210 Å². The van der Waals surface area contributed by atoms with Crippen molar-refractivity contribution in [2.45, 2.75) is 76.9 Å². The average molecular weight is 477 g/mol. The smallest absolute Gasteiger partial charge is 0.246 e. The number of nitrogens with zero attached hydrogens (tertiary/aromatic N) is 3. The summed E-state index contributed by atoms with van der Waals surface area (Å²) >= 11 is 0. The monoisotopic (exact) mass is 476 g/mol. The SMILES string of the molecule is CC(C)C[C@@H]1NC(=O)C2(CCN(CCCCCc3ccccc3)CC2)N(Cc2cccnc2)C1=O. The van der Waals surface area contributed by atoms with E-state index in [2.05, 4.69) is 59.4 Å². The molecule has 1 atom stereocenters. The molecule has 6 heteroatoms. The highest BCUT2D eigenvalue weighted by molar-refractivity contribution is 6.00. The van der Waals surface area contributed by atoms with E-state index in [-0.39, 0.29) is 11.8 Å². The zero-order valence-electron chi connectivity index (χ0n) is 21.3. The lowest BCUT2D eigenvalue weighted by atomic mass is 9.80. The highest BCUT2D eigenvalue weighted by Crippen LogP contribution is 2.35. The van der Waals surface area contributed by atoms with Gasteiger partial charge in [0, 0.05) is 32.0 Å². The number of hydrogen-bond donors (Lipinski definition) is 1. The molecule has 1 N–H and O–H groups in total. The first kappa shape index (κ1) is 25.4. The van der Waals surface area contributed by atoms with Crippen LogP contribution in [0.5, 0.6) is 0 Å². The van der Waals surface area contributed by atoms with Gasteiger partial charge in [0.25, 0.3) is 0 Å². The van der Waals surface area contributed by atoms with E-state index in [1.54, 1.807) is 12.4 Å². The number of amides is 2. The standard InChI is InChI=1S/C29H40N4O2/c1-23(2)20-26-27(34)33(22-25-13-9-16-30-21-25)29(28(35)31-26)14-18-32(19-15-29)17-8-4-7-12-24-10-5-3-6-11-24/h3,5-6,9-11,13,16,21,23,26H,4,7-8,12,14-15,17-20,22H2,1-2H3,(H,31,35)/t26-/m0/s1. The number of carbonyl (C=O) groups is 2. The third-order valence-electron chi connectivity index (χ3n) is 7.55. The Morgan fingerprint density at radius 3 is 2.43 bits per heavy atom. The van der Waals surface area contributed by atoms with Crippen molar-refractivity contribution in [1.82, 2.24) is 20.1 Å². The number of piperidine rings is 1. The molecule has 2 fully saturated rings. The number of likely N-dealkylation sites (tertiary alicyclic amines) is 1. The van der Waals surface area contributed by atoms with E-state index in [9.17, 15) is 9.59 Å². The highest BCUT2D eigenvalue weighted by Gasteiger charge is 2.53. The van der Waals surface area contributed by atoms with Crippen LogP contribution in [0.1, 0.15) is 63.5 Å². The number of hydrogen-bond acceptors (Lipinski definition) is 4. The van der Waals surface area contributed by atoms with E-state index in [0.29, 0.717) is 31.7 Å². The summed E-state index contributed by atoms with van der Waals surface area (Å²) in [5.74, 6) is 0.410. The molecule has 2 aliphatic rings. The Balaban J connectivity index is 1.35. The number of carbonyl (C=O) groups excluding carboxylic acids is 2. The minimum Gasteiger partial charge on any atom is -0.342 e. The molecule has 2 aromatic rings. The van der Waals surface area contributed by atoms with Crippen LogP contribution in [0.15, 0.2) is 54.9 Å². The molecule has 2 amide bonds. The van der Waals surface area contributed by atoms with E-state index in [1.807, 2.05) is 17.0 Å². The maximum Gasteiger partial charge on any atom is 0.246 e. The highest BCUT2D eigenvalue weighted by atomic mass is 16.2. The molecule has 4 rings (SSSR count). The normalized spacial score (nSPS) is 20.4. The van der Waals surface area contributed by atoms with Gasteiger partial charge in [-0.1, -0.05) is 56.7 Å². The summed E-state index contributed by atoms with van der Waals surface area (Å²) in [5, 5.41) is 3.10. The Morgan fingerprint density at radius 1 is 1.00 bits per heavy atom. The van der Waals surface area contributed by atoms with Crippen LogP contribution < -0.4 is 5.32 Å². The molecule has 0 saturated carbocycles. The predicted octanol–water partition coefficient (Wildman–Crippen LogP) is 4.20. The summed E-state index contributed by atoms with van der Waals surface area (Å²) in [6, 6.07) is 14.1. The fourth-order valence-corrected chi connectivity index (χ4v) is 5.54. The molecule has 0 unspecified atom stereocenters. The molecule has 0 radical (unpaired) electrons. The van der Waals surface area contributed by atoms with Gasteiger partial charge in [0.15, 0.2) is 0 Å². The molecule has 0 bridgehead atoms. The fraction of sp³-hybridized carbons (Fsp3) is 0.552. The van der Waals surface area contributed by atoms with Crippen molar-refractivity contribution in [3.05, 3.63) is 66.0 Å². The molecular formula is C29H40N4O2. The lowest BCUT2D eigenvalue weighted by Gasteiger charge is -2.52. The molecule has 1 aromatic carbocycles. The van der Waals surface area contributed by atoms with Crippen molar-refractivity contribution in [3.63, 3.8) is 0 Å². The summed E-state index contributed by atoms with van der Waals surface area (Å²) < 4.78 is 0. The molecular weight excluding hydrogens is 436 g/mol. The van der Waals surface area contributed by atoms with E-state index in [4.69, 9.17) is 0 Å². The van der Waals surface area contributed by atoms with Crippen molar-refractivity contribution in [3.8, 4) is 0 Å². The summed E-state index contributed by atoms with van der Waals surface area (Å²) in [7, 11) is 0. The quantitative estimate of drug-likeness (QED) is 0.522. The third-order valence-corrected chi connectivity index (χ3v) is 7.55. The number of pyridine rings is 1. The Hall–Kier alpha value is -2.73. The molecule has 188 valence electrons. The molecule has 2 saturated heterocycles. The zero-order chi connectivity index (χ0) is 24.7. The van der Waals surface area contributed by atoms with E-state index in [0.717, 1.165) is 31.6 Å². The number of benzene rings is 1. The predicted molar refractivity (Wildman–Crippen MR) is 139 cm³/mol. The van der Waals surface area contributed by atoms with Crippen LogP contribution in [0.2, 0.25) is 0 Å². The van der Waals surface area contributed by atoms with Gasteiger partial charge in [-0.05, 0) is 68.2 Å². The van der Waals surface area contributed by atoms with Crippen molar-refractivity contribution >= 4 is 11.8 Å². The number of unbranched alkanes of at least 4 members (excludes halogenated alkanes) is 2. The second-order valence-corrected chi connectivity index (χ2v) is 10.6. The maximum atomic E-state index is 13.6.